The minimum absolute atomic E-state index is 0.0408. The Bertz CT molecular complexity index is 1040. The minimum Gasteiger partial charge on any atom is -0.507 e. The lowest BCUT2D eigenvalue weighted by atomic mass is 9.95. The fourth-order valence-electron chi connectivity index (χ4n) is 3.69. The molecular weight excluding hydrogens is 406 g/mol. The van der Waals surface area contributed by atoms with Gasteiger partial charge in [-0.25, -0.2) is 5.01 Å². The molecule has 2 aromatic carbocycles. The predicted octanol–water partition coefficient (Wildman–Crippen LogP) is 4.79. The SMILES string of the molecule is Oc1ccccc1C1=NN2[C@H](C1)c1cc(Br)ccc1O[C@H]2c1ccncc1. The van der Waals surface area contributed by atoms with Crippen molar-refractivity contribution in [3.8, 4) is 11.5 Å². The second-order valence-corrected chi connectivity index (χ2v) is 7.51. The van der Waals surface area contributed by atoms with Gasteiger partial charge in [0.25, 0.3) is 0 Å². The van der Waals surface area contributed by atoms with Crippen molar-refractivity contribution in [3.63, 3.8) is 0 Å². The van der Waals surface area contributed by atoms with Gasteiger partial charge in [0, 0.05) is 40.0 Å². The Morgan fingerprint density at radius 1 is 1.07 bits per heavy atom. The van der Waals surface area contributed by atoms with Gasteiger partial charge in [0.1, 0.15) is 11.5 Å². The number of pyridine rings is 1. The van der Waals surface area contributed by atoms with Crippen LogP contribution in [0.2, 0.25) is 0 Å². The number of hydrazone groups is 1. The largest absolute Gasteiger partial charge is 0.507 e. The smallest absolute Gasteiger partial charge is 0.213 e. The highest BCUT2D eigenvalue weighted by molar-refractivity contribution is 9.10. The normalized spacial score (nSPS) is 20.5. The summed E-state index contributed by atoms with van der Waals surface area (Å²) in [6.45, 7) is 0. The number of nitrogens with zero attached hydrogens (tertiary/aromatic N) is 3. The quantitative estimate of drug-likeness (QED) is 0.645. The van der Waals surface area contributed by atoms with Crippen LogP contribution in [-0.2, 0) is 0 Å². The monoisotopic (exact) mass is 421 g/mol. The Morgan fingerprint density at radius 2 is 1.89 bits per heavy atom. The summed E-state index contributed by atoms with van der Waals surface area (Å²) in [5, 5.41) is 17.1. The third-order valence-electron chi connectivity index (χ3n) is 4.96. The molecule has 1 N–H and O–H groups in total. The number of halogens is 1. The van der Waals surface area contributed by atoms with Crippen molar-refractivity contribution < 1.29 is 9.84 Å². The molecule has 6 heteroatoms. The van der Waals surface area contributed by atoms with Crippen molar-refractivity contribution in [1.29, 1.82) is 0 Å². The molecule has 2 atom stereocenters. The van der Waals surface area contributed by atoms with Crippen molar-refractivity contribution in [2.24, 2.45) is 5.10 Å². The fraction of sp³-hybridized carbons (Fsp3) is 0.143. The molecular formula is C21H16BrN3O2. The van der Waals surface area contributed by atoms with E-state index >= 15 is 0 Å². The van der Waals surface area contributed by atoms with Gasteiger partial charge in [-0.3, -0.25) is 4.98 Å². The first-order valence-corrected chi connectivity index (χ1v) is 9.50. The van der Waals surface area contributed by atoms with Crippen LogP contribution in [0.25, 0.3) is 0 Å². The van der Waals surface area contributed by atoms with E-state index in [0.29, 0.717) is 6.42 Å². The predicted molar refractivity (Wildman–Crippen MR) is 106 cm³/mol. The molecule has 0 saturated heterocycles. The van der Waals surface area contributed by atoms with Crippen molar-refractivity contribution >= 4 is 21.6 Å². The van der Waals surface area contributed by atoms with E-state index in [4.69, 9.17) is 9.84 Å². The van der Waals surface area contributed by atoms with E-state index < -0.39 is 0 Å². The molecule has 0 aliphatic carbocycles. The highest BCUT2D eigenvalue weighted by Gasteiger charge is 2.41. The van der Waals surface area contributed by atoms with E-state index in [2.05, 4.69) is 27.0 Å². The highest BCUT2D eigenvalue weighted by atomic mass is 79.9. The van der Waals surface area contributed by atoms with Crippen molar-refractivity contribution in [2.75, 3.05) is 0 Å². The lowest BCUT2D eigenvalue weighted by Gasteiger charge is -2.38. The van der Waals surface area contributed by atoms with Gasteiger partial charge in [0.05, 0.1) is 11.8 Å². The van der Waals surface area contributed by atoms with Gasteiger partial charge in [0.2, 0.25) is 6.23 Å². The van der Waals surface area contributed by atoms with Crippen LogP contribution in [0.1, 0.15) is 35.4 Å². The van der Waals surface area contributed by atoms with Crippen molar-refractivity contribution in [2.45, 2.75) is 18.7 Å². The van der Waals surface area contributed by atoms with Crippen LogP contribution in [0.5, 0.6) is 11.5 Å². The average Bonchev–Trinajstić information content (AvgIpc) is 3.14. The number of aromatic hydroxyl groups is 1. The lowest BCUT2D eigenvalue weighted by Crippen LogP contribution is -2.33. The summed E-state index contributed by atoms with van der Waals surface area (Å²) in [5.41, 5.74) is 3.69. The molecule has 2 aliphatic heterocycles. The summed E-state index contributed by atoms with van der Waals surface area (Å²) in [4.78, 5) is 4.11. The molecule has 0 radical (unpaired) electrons. The number of fused-ring (bicyclic) bond motifs is 3. The Kier molecular flexibility index (Phi) is 3.86. The van der Waals surface area contributed by atoms with Gasteiger partial charge >= 0.3 is 0 Å². The maximum absolute atomic E-state index is 10.3. The van der Waals surface area contributed by atoms with Crippen LogP contribution in [0.15, 0.2) is 76.6 Å². The van der Waals surface area contributed by atoms with E-state index in [1.807, 2.05) is 47.5 Å². The molecule has 0 unspecified atom stereocenters. The molecule has 5 nitrogen and oxygen atoms in total. The summed E-state index contributed by atoms with van der Waals surface area (Å²) in [6, 6.07) is 17.3. The second-order valence-electron chi connectivity index (χ2n) is 6.60. The third-order valence-corrected chi connectivity index (χ3v) is 5.45. The number of para-hydroxylation sites is 1. The molecule has 0 spiro atoms. The molecule has 27 heavy (non-hydrogen) atoms. The molecule has 0 bridgehead atoms. The maximum atomic E-state index is 10.3. The van der Waals surface area contributed by atoms with Crippen LogP contribution in [-0.4, -0.2) is 20.8 Å². The zero-order chi connectivity index (χ0) is 18.4. The first-order valence-electron chi connectivity index (χ1n) is 8.71. The third kappa shape index (κ3) is 2.77. The van der Waals surface area contributed by atoms with E-state index in [1.54, 1.807) is 18.5 Å². The van der Waals surface area contributed by atoms with Gasteiger partial charge in [-0.1, -0.05) is 28.1 Å². The molecule has 3 aromatic rings. The summed E-state index contributed by atoms with van der Waals surface area (Å²) >= 11 is 3.56. The molecule has 5 rings (SSSR count). The van der Waals surface area contributed by atoms with Gasteiger partial charge < -0.3 is 9.84 Å². The van der Waals surface area contributed by atoms with E-state index in [-0.39, 0.29) is 18.0 Å². The Balaban J connectivity index is 1.63. The van der Waals surface area contributed by atoms with Crippen LogP contribution in [0.3, 0.4) is 0 Å². The zero-order valence-electron chi connectivity index (χ0n) is 14.3. The fourth-order valence-corrected chi connectivity index (χ4v) is 4.07. The molecule has 0 fully saturated rings. The van der Waals surface area contributed by atoms with Gasteiger partial charge in [-0.2, -0.15) is 5.10 Å². The Labute approximate surface area is 165 Å². The number of phenolic OH excluding ortho intramolecular Hbond substituents is 1. The number of ether oxygens (including phenoxy) is 1. The topological polar surface area (TPSA) is 58.0 Å². The molecule has 134 valence electrons. The summed E-state index contributed by atoms with van der Waals surface area (Å²) in [6.07, 6.45) is 3.88. The second kappa shape index (κ2) is 6.39. The first kappa shape index (κ1) is 16.3. The zero-order valence-corrected chi connectivity index (χ0v) is 15.9. The number of hydrogen-bond donors (Lipinski definition) is 1. The van der Waals surface area contributed by atoms with Crippen LogP contribution in [0.4, 0.5) is 0 Å². The number of hydrogen-bond acceptors (Lipinski definition) is 5. The number of phenols is 1. The van der Waals surface area contributed by atoms with Crippen LogP contribution in [0, 0.1) is 0 Å². The molecule has 0 saturated carbocycles. The molecule has 0 amide bonds. The number of rotatable bonds is 2. The van der Waals surface area contributed by atoms with Crippen molar-refractivity contribution in [3.05, 3.63) is 88.2 Å². The summed E-state index contributed by atoms with van der Waals surface area (Å²) in [5.74, 6) is 1.10. The van der Waals surface area contributed by atoms with Crippen LogP contribution >= 0.6 is 15.9 Å². The standard InChI is InChI=1S/C21H16BrN3O2/c22-14-5-6-20-16(11-14)18-12-17(15-3-1-2-4-19(15)26)24-25(18)21(27-20)13-7-9-23-10-8-13/h1-11,18,21,26H,12H2/t18-,21+/m1/s1. The summed E-state index contributed by atoms with van der Waals surface area (Å²) in [7, 11) is 0. The van der Waals surface area contributed by atoms with Gasteiger partial charge in [0.15, 0.2) is 0 Å². The lowest BCUT2D eigenvalue weighted by molar-refractivity contribution is -0.0191. The number of benzene rings is 2. The highest BCUT2D eigenvalue weighted by Crippen LogP contribution is 2.48. The van der Waals surface area contributed by atoms with E-state index in [1.165, 1.54) is 0 Å². The number of aromatic nitrogens is 1. The Hall–Kier alpha value is -2.86. The van der Waals surface area contributed by atoms with Gasteiger partial charge in [-0.15, -0.1) is 0 Å². The first-order chi connectivity index (χ1) is 13.2. The Morgan fingerprint density at radius 3 is 2.70 bits per heavy atom. The molecule has 2 aliphatic rings. The molecule has 1 aromatic heterocycles. The van der Waals surface area contributed by atoms with E-state index in [9.17, 15) is 5.11 Å². The average molecular weight is 422 g/mol. The molecule has 3 heterocycles. The van der Waals surface area contributed by atoms with E-state index in [0.717, 1.165) is 32.6 Å². The van der Waals surface area contributed by atoms with Crippen molar-refractivity contribution in [1.82, 2.24) is 9.99 Å². The maximum Gasteiger partial charge on any atom is 0.213 e. The minimum atomic E-state index is -0.338. The van der Waals surface area contributed by atoms with Crippen LogP contribution < -0.4 is 4.74 Å². The van der Waals surface area contributed by atoms with Gasteiger partial charge in [-0.05, 0) is 42.5 Å². The summed E-state index contributed by atoms with van der Waals surface area (Å²) < 4.78 is 7.31.